The molecule has 108 valence electrons. The largest absolute Gasteiger partial charge is 0.394 e. The van der Waals surface area contributed by atoms with Crippen molar-refractivity contribution in [3.8, 4) is 0 Å². The molecule has 0 saturated carbocycles. The quantitative estimate of drug-likeness (QED) is 0.256. The highest BCUT2D eigenvalue weighted by atomic mass is 31.1. The molecule has 1 amide bonds. The van der Waals surface area contributed by atoms with Crippen molar-refractivity contribution in [3.05, 3.63) is 0 Å². The Morgan fingerprint density at radius 3 is 2.39 bits per heavy atom. The summed E-state index contributed by atoms with van der Waals surface area (Å²) < 4.78 is 15.3. The molecule has 5 unspecified atom stereocenters. The summed E-state index contributed by atoms with van der Waals surface area (Å²) >= 11 is 0. The maximum Gasteiger partial charge on any atom is 0.317 e. The summed E-state index contributed by atoms with van der Waals surface area (Å²) in [6, 6.07) is -0.972. The third-order valence-electron chi connectivity index (χ3n) is 2.19. The average Bonchev–Trinajstić information content (AvgIpc) is 2.30. The molecule has 0 rings (SSSR count). The fraction of sp³-hybridized carbons (Fsp3) is 0.875. The van der Waals surface area contributed by atoms with Crippen LogP contribution in [-0.4, -0.2) is 63.6 Å². The molecule has 9 nitrogen and oxygen atoms in total. The first-order valence-corrected chi connectivity index (χ1v) is 6.43. The summed E-state index contributed by atoms with van der Waals surface area (Å²) in [6.07, 6.45) is -4.66. The normalized spacial score (nSPS) is 19.7. The van der Waals surface area contributed by atoms with E-state index in [0.29, 0.717) is 0 Å². The molecule has 0 aliphatic heterocycles. The predicted octanol–water partition coefficient (Wildman–Crippen LogP) is -3.07. The van der Waals surface area contributed by atoms with Crippen LogP contribution in [0.25, 0.3) is 0 Å². The minimum Gasteiger partial charge on any atom is -0.394 e. The maximum absolute atomic E-state index is 10.9. The van der Waals surface area contributed by atoms with Crippen LogP contribution >= 0.6 is 8.25 Å². The summed E-state index contributed by atoms with van der Waals surface area (Å²) in [5, 5.41) is 30.0. The second kappa shape index (κ2) is 8.54. The zero-order valence-corrected chi connectivity index (χ0v) is 10.8. The monoisotopic (exact) mass is 286 g/mol. The molecule has 0 aromatic rings. The molecular formula is C8H19N2O7P. The highest BCUT2D eigenvalue weighted by Gasteiger charge is 2.34. The molecule has 0 radical (unpaired) electrons. The molecule has 0 spiro atoms. The Labute approximate surface area is 105 Å². The van der Waals surface area contributed by atoms with Gasteiger partial charge in [-0.25, -0.2) is 0 Å². The van der Waals surface area contributed by atoms with E-state index in [1.54, 1.807) is 0 Å². The first kappa shape index (κ1) is 17.5. The lowest BCUT2D eigenvalue weighted by atomic mass is 10.0. The molecule has 10 heteroatoms. The number of rotatable bonds is 8. The second-order valence-corrected chi connectivity index (χ2v) is 4.40. The molecule has 7 N–H and O–H groups in total. The number of carbonyl (C=O) groups is 1. The standard InChI is InChI=1S/C8H19N2O7P/c1-4(12)10-5(2-9)8(17-18(15)16)7(14)6(13)3-11/h5-8,11,13-14,18H,2-3,9H2,1H3,(H,10,12)(H,15,16). The third-order valence-corrected chi connectivity index (χ3v) is 2.67. The van der Waals surface area contributed by atoms with Crippen molar-refractivity contribution in [2.45, 2.75) is 31.3 Å². The molecule has 0 aromatic heterocycles. The molecule has 0 aromatic carbocycles. The summed E-state index contributed by atoms with van der Waals surface area (Å²) in [5.74, 6) is -0.484. The number of nitrogens with two attached hydrogens (primary N) is 1. The molecular weight excluding hydrogens is 267 g/mol. The fourth-order valence-electron chi connectivity index (χ4n) is 1.37. The van der Waals surface area contributed by atoms with E-state index in [-0.39, 0.29) is 6.54 Å². The van der Waals surface area contributed by atoms with Crippen molar-refractivity contribution in [2.24, 2.45) is 5.73 Å². The van der Waals surface area contributed by atoms with Crippen molar-refractivity contribution in [1.82, 2.24) is 5.32 Å². The van der Waals surface area contributed by atoms with Crippen LogP contribution in [0.3, 0.4) is 0 Å². The van der Waals surface area contributed by atoms with Crippen molar-refractivity contribution >= 4 is 14.2 Å². The number of carbonyl (C=O) groups excluding carboxylic acids is 1. The van der Waals surface area contributed by atoms with Gasteiger partial charge >= 0.3 is 8.25 Å². The number of amides is 1. The minimum atomic E-state index is -3.42. The lowest BCUT2D eigenvalue weighted by Gasteiger charge is -2.31. The Hall–Kier alpha value is -0.540. The Morgan fingerprint density at radius 2 is 2.06 bits per heavy atom. The van der Waals surface area contributed by atoms with Crippen molar-refractivity contribution < 1.29 is 34.1 Å². The van der Waals surface area contributed by atoms with Gasteiger partial charge in [-0.05, 0) is 0 Å². The van der Waals surface area contributed by atoms with Crippen molar-refractivity contribution in [3.63, 3.8) is 0 Å². The summed E-state index contributed by atoms with van der Waals surface area (Å²) in [5.41, 5.74) is 5.35. The molecule has 18 heavy (non-hydrogen) atoms. The lowest BCUT2D eigenvalue weighted by Crippen LogP contribution is -2.55. The van der Waals surface area contributed by atoms with Gasteiger partial charge in [-0.1, -0.05) is 0 Å². The Balaban J connectivity index is 4.92. The third kappa shape index (κ3) is 5.87. The molecule has 0 bridgehead atoms. The highest BCUT2D eigenvalue weighted by molar-refractivity contribution is 7.32. The molecule has 0 fully saturated rings. The average molecular weight is 286 g/mol. The molecule has 0 saturated heterocycles. The Kier molecular flexibility index (Phi) is 8.29. The van der Waals surface area contributed by atoms with E-state index < -0.39 is 45.1 Å². The summed E-state index contributed by atoms with van der Waals surface area (Å²) in [7, 11) is -3.42. The number of aliphatic hydroxyl groups is 3. The van der Waals surface area contributed by atoms with Crippen LogP contribution in [0, 0.1) is 0 Å². The lowest BCUT2D eigenvalue weighted by molar-refractivity contribution is -0.122. The Morgan fingerprint density at radius 1 is 1.50 bits per heavy atom. The van der Waals surface area contributed by atoms with Crippen LogP contribution in [0.15, 0.2) is 0 Å². The van der Waals surface area contributed by atoms with E-state index >= 15 is 0 Å². The van der Waals surface area contributed by atoms with Gasteiger partial charge in [-0.3, -0.25) is 9.36 Å². The Bertz CT molecular complexity index is 291. The van der Waals surface area contributed by atoms with E-state index in [4.69, 9.17) is 15.7 Å². The number of nitrogens with one attached hydrogen (secondary N) is 1. The second-order valence-electron chi connectivity index (χ2n) is 3.63. The van der Waals surface area contributed by atoms with Gasteiger partial charge in [0.25, 0.3) is 0 Å². The zero-order chi connectivity index (χ0) is 14.3. The number of hydrogen-bond acceptors (Lipinski definition) is 7. The van der Waals surface area contributed by atoms with Gasteiger partial charge in [-0.15, -0.1) is 0 Å². The SMILES string of the molecule is CC(=O)NC(CN)C(O[PH](=O)O)C(O)C(O)CO. The van der Waals surface area contributed by atoms with Crippen LogP contribution in [0.1, 0.15) is 6.92 Å². The van der Waals surface area contributed by atoms with E-state index in [1.165, 1.54) is 6.92 Å². The topological polar surface area (TPSA) is 162 Å². The van der Waals surface area contributed by atoms with Crippen LogP contribution in [0.5, 0.6) is 0 Å². The van der Waals surface area contributed by atoms with Gasteiger partial charge < -0.3 is 35.8 Å². The van der Waals surface area contributed by atoms with Gasteiger partial charge in [0.2, 0.25) is 5.91 Å². The summed E-state index contributed by atoms with van der Waals surface area (Å²) in [6.45, 7) is 0.232. The molecule has 5 atom stereocenters. The van der Waals surface area contributed by atoms with Gasteiger partial charge in [-0.2, -0.15) is 0 Å². The zero-order valence-electron chi connectivity index (χ0n) is 9.81. The van der Waals surface area contributed by atoms with Gasteiger partial charge in [0.15, 0.2) is 0 Å². The smallest absolute Gasteiger partial charge is 0.317 e. The first-order chi connectivity index (χ1) is 8.33. The molecule has 0 heterocycles. The van der Waals surface area contributed by atoms with Gasteiger partial charge in [0.1, 0.15) is 18.3 Å². The van der Waals surface area contributed by atoms with Crippen LogP contribution < -0.4 is 11.1 Å². The van der Waals surface area contributed by atoms with E-state index in [0.717, 1.165) is 0 Å². The number of hydrogen-bond donors (Lipinski definition) is 6. The summed E-state index contributed by atoms with van der Waals surface area (Å²) in [4.78, 5) is 19.6. The molecule has 0 aliphatic carbocycles. The van der Waals surface area contributed by atoms with Crippen LogP contribution in [0.2, 0.25) is 0 Å². The highest BCUT2D eigenvalue weighted by Crippen LogP contribution is 2.23. The first-order valence-electron chi connectivity index (χ1n) is 5.17. The van der Waals surface area contributed by atoms with E-state index in [1.807, 2.05) is 0 Å². The maximum atomic E-state index is 10.9. The van der Waals surface area contributed by atoms with E-state index in [2.05, 4.69) is 9.84 Å². The van der Waals surface area contributed by atoms with Crippen molar-refractivity contribution in [2.75, 3.05) is 13.2 Å². The number of aliphatic hydroxyl groups excluding tert-OH is 3. The van der Waals surface area contributed by atoms with E-state index in [9.17, 15) is 19.6 Å². The van der Waals surface area contributed by atoms with Crippen LogP contribution in [-0.2, 0) is 13.9 Å². The molecule has 0 aliphatic rings. The minimum absolute atomic E-state index is 0.186. The van der Waals surface area contributed by atoms with Gasteiger partial charge in [0, 0.05) is 13.5 Å². The predicted molar refractivity (Wildman–Crippen MR) is 61.9 cm³/mol. The fourth-order valence-corrected chi connectivity index (χ4v) is 1.91. The van der Waals surface area contributed by atoms with Gasteiger partial charge in [0.05, 0.1) is 12.6 Å². The van der Waals surface area contributed by atoms with Crippen molar-refractivity contribution in [1.29, 1.82) is 0 Å². The van der Waals surface area contributed by atoms with Crippen LogP contribution in [0.4, 0.5) is 0 Å².